The van der Waals surface area contributed by atoms with Crippen LogP contribution in [0.4, 0.5) is 0 Å². The van der Waals surface area contributed by atoms with Gasteiger partial charge in [-0.1, -0.05) is 0 Å². The summed E-state index contributed by atoms with van der Waals surface area (Å²) in [6, 6.07) is 1.96. The highest BCUT2D eigenvalue weighted by Gasteiger charge is 2.14. The lowest BCUT2D eigenvalue weighted by Crippen LogP contribution is -2.01. The molecule has 3 nitrogen and oxygen atoms in total. The molecule has 1 N–H and O–H groups in total. The van der Waals surface area contributed by atoms with Gasteiger partial charge in [-0.3, -0.25) is 10.1 Å². The lowest BCUT2D eigenvalue weighted by Gasteiger charge is -2.08. The summed E-state index contributed by atoms with van der Waals surface area (Å²) in [5, 5.41) is 8.56. The van der Waals surface area contributed by atoms with E-state index in [1.165, 1.54) is 23.2 Å². The SMILES string of the molecule is c1cc2n[nH]c3c2c(n1)CCC3. The first kappa shape index (κ1) is 6.17. The molecule has 2 aromatic heterocycles. The predicted molar refractivity (Wildman–Crippen MR) is 45.9 cm³/mol. The minimum atomic E-state index is 1.06. The van der Waals surface area contributed by atoms with Gasteiger partial charge in [-0.15, -0.1) is 0 Å². The average Bonchev–Trinajstić information content (AvgIpc) is 2.52. The number of aromatic nitrogens is 3. The van der Waals surface area contributed by atoms with Crippen LogP contribution in [0.1, 0.15) is 17.8 Å². The van der Waals surface area contributed by atoms with Crippen LogP contribution in [0.15, 0.2) is 12.3 Å². The molecule has 0 aliphatic heterocycles. The Morgan fingerprint density at radius 3 is 3.33 bits per heavy atom. The van der Waals surface area contributed by atoms with Crippen molar-refractivity contribution in [2.75, 3.05) is 0 Å². The van der Waals surface area contributed by atoms with E-state index in [0.29, 0.717) is 0 Å². The van der Waals surface area contributed by atoms with Gasteiger partial charge >= 0.3 is 0 Å². The van der Waals surface area contributed by atoms with Gasteiger partial charge in [0, 0.05) is 17.3 Å². The molecule has 0 saturated carbocycles. The van der Waals surface area contributed by atoms with Crippen LogP contribution in [0.25, 0.3) is 10.9 Å². The molecule has 1 aliphatic rings. The van der Waals surface area contributed by atoms with Gasteiger partial charge < -0.3 is 0 Å². The monoisotopic (exact) mass is 159 g/mol. The third-order valence-electron chi connectivity index (χ3n) is 2.46. The second-order valence-electron chi connectivity index (χ2n) is 3.21. The zero-order valence-electron chi connectivity index (χ0n) is 6.67. The predicted octanol–water partition coefficient (Wildman–Crippen LogP) is 1.45. The van der Waals surface area contributed by atoms with Crippen molar-refractivity contribution < 1.29 is 0 Å². The molecule has 2 aromatic rings. The van der Waals surface area contributed by atoms with Gasteiger partial charge in [0.05, 0.1) is 11.2 Å². The van der Waals surface area contributed by atoms with Gasteiger partial charge in [-0.2, -0.15) is 5.10 Å². The Morgan fingerprint density at radius 1 is 1.33 bits per heavy atom. The Morgan fingerprint density at radius 2 is 2.33 bits per heavy atom. The molecular formula is C9H9N3. The molecule has 3 rings (SSSR count). The Bertz CT molecular complexity index is 430. The summed E-state index contributed by atoms with van der Waals surface area (Å²) in [5.74, 6) is 0. The summed E-state index contributed by atoms with van der Waals surface area (Å²) in [7, 11) is 0. The molecule has 0 bridgehead atoms. The number of pyridine rings is 1. The number of rotatable bonds is 0. The van der Waals surface area contributed by atoms with E-state index in [9.17, 15) is 0 Å². The van der Waals surface area contributed by atoms with Crippen LogP contribution >= 0.6 is 0 Å². The van der Waals surface area contributed by atoms with Crippen LogP contribution in [-0.2, 0) is 12.8 Å². The van der Waals surface area contributed by atoms with E-state index < -0.39 is 0 Å². The van der Waals surface area contributed by atoms with E-state index in [1.807, 2.05) is 12.3 Å². The lowest BCUT2D eigenvalue weighted by molar-refractivity contribution is 0.765. The van der Waals surface area contributed by atoms with Crippen LogP contribution in [0, 0.1) is 0 Å². The van der Waals surface area contributed by atoms with E-state index in [4.69, 9.17) is 0 Å². The van der Waals surface area contributed by atoms with Crippen molar-refractivity contribution in [1.29, 1.82) is 0 Å². The molecule has 12 heavy (non-hydrogen) atoms. The summed E-state index contributed by atoms with van der Waals surface area (Å²) in [4.78, 5) is 4.35. The number of aryl methyl sites for hydroxylation is 2. The molecule has 0 radical (unpaired) electrons. The standard InChI is InChI=1S/C9H9N3/c1-2-6-9-7(3-1)11-12-8(9)4-5-10-6/h4-5H,1-3H2,(H,11,12). The van der Waals surface area contributed by atoms with Crippen molar-refractivity contribution in [3.05, 3.63) is 23.7 Å². The molecule has 0 unspecified atom stereocenters. The van der Waals surface area contributed by atoms with Crippen LogP contribution in [0.3, 0.4) is 0 Å². The lowest BCUT2D eigenvalue weighted by atomic mass is 10.00. The Hall–Kier alpha value is -1.38. The zero-order chi connectivity index (χ0) is 7.97. The third kappa shape index (κ3) is 0.656. The van der Waals surface area contributed by atoms with Crippen LogP contribution in [-0.4, -0.2) is 15.2 Å². The normalized spacial score (nSPS) is 15.3. The van der Waals surface area contributed by atoms with E-state index >= 15 is 0 Å². The molecule has 0 aromatic carbocycles. The fourth-order valence-corrected chi connectivity index (χ4v) is 1.90. The molecular weight excluding hydrogens is 150 g/mol. The first-order chi connectivity index (χ1) is 5.95. The molecule has 60 valence electrons. The highest BCUT2D eigenvalue weighted by molar-refractivity contribution is 5.84. The second kappa shape index (κ2) is 2.06. The minimum absolute atomic E-state index is 1.06. The Labute approximate surface area is 69.8 Å². The largest absolute Gasteiger partial charge is 0.281 e. The molecule has 1 aliphatic carbocycles. The fourth-order valence-electron chi connectivity index (χ4n) is 1.90. The van der Waals surface area contributed by atoms with E-state index in [0.717, 1.165) is 18.4 Å². The van der Waals surface area contributed by atoms with Crippen molar-refractivity contribution in [2.24, 2.45) is 0 Å². The number of hydrogen-bond acceptors (Lipinski definition) is 2. The van der Waals surface area contributed by atoms with Crippen molar-refractivity contribution >= 4 is 10.9 Å². The number of hydrogen-bond donors (Lipinski definition) is 1. The van der Waals surface area contributed by atoms with Gasteiger partial charge in [0.25, 0.3) is 0 Å². The summed E-state index contributed by atoms with van der Waals surface area (Å²) in [6.45, 7) is 0. The number of aromatic amines is 1. The number of nitrogens with one attached hydrogen (secondary N) is 1. The Balaban J connectivity index is 2.50. The van der Waals surface area contributed by atoms with Crippen LogP contribution in [0.5, 0.6) is 0 Å². The van der Waals surface area contributed by atoms with Gasteiger partial charge in [0.2, 0.25) is 0 Å². The molecule has 0 saturated heterocycles. The summed E-state index contributed by atoms with van der Waals surface area (Å²) >= 11 is 0. The average molecular weight is 159 g/mol. The van der Waals surface area contributed by atoms with Gasteiger partial charge in [0.15, 0.2) is 0 Å². The maximum absolute atomic E-state index is 4.35. The number of nitrogens with zero attached hydrogens (tertiary/aromatic N) is 2. The van der Waals surface area contributed by atoms with E-state index in [-0.39, 0.29) is 0 Å². The fraction of sp³-hybridized carbons (Fsp3) is 0.333. The van der Waals surface area contributed by atoms with Gasteiger partial charge in [-0.05, 0) is 25.3 Å². The second-order valence-corrected chi connectivity index (χ2v) is 3.21. The van der Waals surface area contributed by atoms with Crippen molar-refractivity contribution in [1.82, 2.24) is 15.2 Å². The molecule has 3 heteroatoms. The zero-order valence-corrected chi connectivity index (χ0v) is 6.67. The smallest absolute Gasteiger partial charge is 0.0957 e. The van der Waals surface area contributed by atoms with Crippen molar-refractivity contribution in [3.63, 3.8) is 0 Å². The van der Waals surface area contributed by atoms with Gasteiger partial charge in [-0.25, -0.2) is 0 Å². The maximum atomic E-state index is 4.35. The van der Waals surface area contributed by atoms with Crippen molar-refractivity contribution in [3.8, 4) is 0 Å². The van der Waals surface area contributed by atoms with Crippen LogP contribution in [0.2, 0.25) is 0 Å². The van der Waals surface area contributed by atoms with Crippen LogP contribution < -0.4 is 0 Å². The minimum Gasteiger partial charge on any atom is -0.281 e. The highest BCUT2D eigenvalue weighted by Crippen LogP contribution is 2.25. The quantitative estimate of drug-likeness (QED) is 0.632. The summed E-state index contributed by atoms with van der Waals surface area (Å²) in [5.41, 5.74) is 3.54. The number of H-pyrrole nitrogens is 1. The molecule has 0 amide bonds. The van der Waals surface area contributed by atoms with E-state index in [2.05, 4.69) is 15.2 Å². The molecule has 0 spiro atoms. The highest BCUT2D eigenvalue weighted by atomic mass is 15.1. The van der Waals surface area contributed by atoms with E-state index in [1.54, 1.807) is 0 Å². The first-order valence-electron chi connectivity index (χ1n) is 4.26. The Kier molecular flexibility index (Phi) is 1.06. The maximum Gasteiger partial charge on any atom is 0.0957 e. The third-order valence-corrected chi connectivity index (χ3v) is 2.46. The van der Waals surface area contributed by atoms with Gasteiger partial charge in [0.1, 0.15) is 0 Å². The van der Waals surface area contributed by atoms with Crippen molar-refractivity contribution in [2.45, 2.75) is 19.3 Å². The summed E-state index contributed by atoms with van der Waals surface area (Å²) < 4.78 is 0. The topological polar surface area (TPSA) is 41.6 Å². The first-order valence-corrected chi connectivity index (χ1v) is 4.26. The molecule has 0 atom stereocenters. The molecule has 2 heterocycles. The molecule has 0 fully saturated rings. The summed E-state index contributed by atoms with van der Waals surface area (Å²) in [6.07, 6.45) is 5.26.